The number of halogens is 1. The number of rotatable bonds is 3. The lowest BCUT2D eigenvalue weighted by atomic mass is 10.2. The monoisotopic (exact) mass is 270 g/mol. The molecule has 0 aromatic heterocycles. The molecule has 0 spiro atoms. The number of hydrogen-bond donors (Lipinski definition) is 1. The Hall–Kier alpha value is -1.88. The van der Waals surface area contributed by atoms with Crippen LogP contribution in [0, 0.1) is 0 Å². The van der Waals surface area contributed by atoms with Crippen LogP contribution in [-0.2, 0) is 4.74 Å². The summed E-state index contributed by atoms with van der Waals surface area (Å²) < 4.78 is 10.7. The van der Waals surface area contributed by atoms with Gasteiger partial charge in [-0.3, -0.25) is 4.90 Å². The Labute approximate surface area is 112 Å². The minimum atomic E-state index is -0.550. The van der Waals surface area contributed by atoms with Gasteiger partial charge in [-0.1, -0.05) is 12.1 Å². The summed E-state index contributed by atoms with van der Waals surface area (Å²) in [5.41, 5.74) is 6.07. The lowest BCUT2D eigenvalue weighted by Gasteiger charge is -2.21. The molecule has 0 saturated heterocycles. The van der Waals surface area contributed by atoms with Gasteiger partial charge >= 0.3 is 6.03 Å². The third-order valence-electron chi connectivity index (χ3n) is 2.39. The maximum absolute atomic E-state index is 11.2. The van der Waals surface area contributed by atoms with Gasteiger partial charge in [-0.15, -0.1) is 12.4 Å². The fourth-order valence-electron chi connectivity index (χ4n) is 1.67. The number of carbonyl (C=O) groups is 1. The van der Waals surface area contributed by atoms with Crippen LogP contribution >= 0.6 is 12.4 Å². The zero-order chi connectivity index (χ0) is 12.3. The Kier molecular flexibility index (Phi) is 4.85. The molecular formula is C12H15ClN2O3. The molecule has 1 unspecified atom stereocenters. The average molecular weight is 271 g/mol. The number of benzene rings is 1. The molecule has 98 valence electrons. The summed E-state index contributed by atoms with van der Waals surface area (Å²) >= 11 is 0. The van der Waals surface area contributed by atoms with Gasteiger partial charge in [0.2, 0.25) is 6.23 Å². The van der Waals surface area contributed by atoms with E-state index >= 15 is 0 Å². The van der Waals surface area contributed by atoms with Crippen molar-refractivity contribution in [2.24, 2.45) is 5.73 Å². The third-order valence-corrected chi connectivity index (χ3v) is 2.39. The van der Waals surface area contributed by atoms with Crippen molar-refractivity contribution in [2.75, 3.05) is 6.61 Å². The van der Waals surface area contributed by atoms with Crippen LogP contribution in [0.15, 0.2) is 36.7 Å². The second-order valence-electron chi connectivity index (χ2n) is 3.52. The molecule has 1 aromatic carbocycles. The normalized spacial score (nSPS) is 16.9. The van der Waals surface area contributed by atoms with Crippen molar-refractivity contribution in [3.63, 3.8) is 0 Å². The van der Waals surface area contributed by atoms with E-state index in [2.05, 4.69) is 0 Å². The Morgan fingerprint density at radius 1 is 1.56 bits per heavy atom. The van der Waals surface area contributed by atoms with Gasteiger partial charge in [-0.25, -0.2) is 4.79 Å². The summed E-state index contributed by atoms with van der Waals surface area (Å²) in [5.74, 6) is 0.741. The fraction of sp³-hybridized carbons (Fsp3) is 0.250. The van der Waals surface area contributed by atoms with Gasteiger partial charge in [0.25, 0.3) is 0 Å². The van der Waals surface area contributed by atoms with Gasteiger partial charge in [0.15, 0.2) is 0 Å². The molecule has 6 heteroatoms. The van der Waals surface area contributed by atoms with Crippen molar-refractivity contribution < 1.29 is 14.3 Å². The SMILES string of the molecule is CCOc1cccc(C2OC=CN2C(N)=O)c1.Cl. The summed E-state index contributed by atoms with van der Waals surface area (Å²) in [6.07, 6.45) is 2.45. The second kappa shape index (κ2) is 6.16. The molecule has 2 rings (SSSR count). The van der Waals surface area contributed by atoms with Crippen molar-refractivity contribution in [1.29, 1.82) is 0 Å². The Bertz CT molecular complexity index is 451. The number of amides is 2. The first-order valence-electron chi connectivity index (χ1n) is 5.35. The summed E-state index contributed by atoms with van der Waals surface area (Å²) in [6.45, 7) is 2.50. The quantitative estimate of drug-likeness (QED) is 0.917. The molecule has 1 aliphatic rings. The molecule has 1 heterocycles. The van der Waals surface area contributed by atoms with Crippen LogP contribution in [0.5, 0.6) is 5.75 Å². The van der Waals surface area contributed by atoms with E-state index in [1.807, 2.05) is 31.2 Å². The number of ether oxygens (including phenoxy) is 2. The highest BCUT2D eigenvalue weighted by atomic mass is 35.5. The molecule has 0 bridgehead atoms. The van der Waals surface area contributed by atoms with Gasteiger partial charge in [-0.2, -0.15) is 0 Å². The maximum Gasteiger partial charge on any atom is 0.322 e. The van der Waals surface area contributed by atoms with Gasteiger partial charge < -0.3 is 15.2 Å². The molecule has 2 N–H and O–H groups in total. The maximum atomic E-state index is 11.2. The third kappa shape index (κ3) is 2.87. The zero-order valence-electron chi connectivity index (χ0n) is 9.91. The highest BCUT2D eigenvalue weighted by molar-refractivity contribution is 5.85. The smallest absolute Gasteiger partial charge is 0.322 e. The number of urea groups is 1. The van der Waals surface area contributed by atoms with Crippen molar-refractivity contribution in [1.82, 2.24) is 4.90 Å². The minimum absolute atomic E-state index is 0. The van der Waals surface area contributed by atoms with E-state index in [0.717, 1.165) is 11.3 Å². The molecule has 0 radical (unpaired) electrons. The van der Waals surface area contributed by atoms with Gasteiger partial charge in [0.05, 0.1) is 6.61 Å². The lowest BCUT2D eigenvalue weighted by molar-refractivity contribution is 0.0775. The Morgan fingerprint density at radius 2 is 2.33 bits per heavy atom. The van der Waals surface area contributed by atoms with Crippen LogP contribution in [0.1, 0.15) is 18.7 Å². The van der Waals surface area contributed by atoms with E-state index in [0.29, 0.717) is 6.61 Å². The van der Waals surface area contributed by atoms with E-state index < -0.39 is 12.3 Å². The van der Waals surface area contributed by atoms with Crippen molar-refractivity contribution in [3.8, 4) is 5.75 Å². The number of nitrogens with two attached hydrogens (primary N) is 1. The summed E-state index contributed by atoms with van der Waals surface area (Å²) in [4.78, 5) is 12.5. The lowest BCUT2D eigenvalue weighted by Crippen LogP contribution is -2.32. The van der Waals surface area contributed by atoms with E-state index in [1.54, 1.807) is 0 Å². The Morgan fingerprint density at radius 3 is 3.00 bits per heavy atom. The molecule has 0 saturated carbocycles. The standard InChI is InChI=1S/C12H14N2O3.ClH/c1-2-16-10-5-3-4-9(8-10)11-14(12(13)15)6-7-17-11;/h3-8,11H,2H2,1H3,(H2,13,15);1H. The van der Waals surface area contributed by atoms with Crippen LogP contribution in [0.4, 0.5) is 4.79 Å². The number of hydrogen-bond acceptors (Lipinski definition) is 3. The Balaban J connectivity index is 0.00000162. The predicted octanol–water partition coefficient (Wildman–Crippen LogP) is 2.39. The average Bonchev–Trinajstić information content (AvgIpc) is 2.79. The molecule has 0 aliphatic carbocycles. The number of nitrogens with zero attached hydrogens (tertiary/aromatic N) is 1. The topological polar surface area (TPSA) is 64.8 Å². The van der Waals surface area contributed by atoms with Crippen LogP contribution < -0.4 is 10.5 Å². The minimum Gasteiger partial charge on any atom is -0.494 e. The molecule has 2 amide bonds. The first-order chi connectivity index (χ1) is 8.22. The largest absolute Gasteiger partial charge is 0.494 e. The number of primary amides is 1. The van der Waals surface area contributed by atoms with E-state index in [4.69, 9.17) is 15.2 Å². The molecular weight excluding hydrogens is 256 g/mol. The highest BCUT2D eigenvalue weighted by Crippen LogP contribution is 2.29. The second-order valence-corrected chi connectivity index (χ2v) is 3.52. The van der Waals surface area contributed by atoms with Crippen molar-refractivity contribution in [3.05, 3.63) is 42.3 Å². The summed E-state index contributed by atoms with van der Waals surface area (Å²) in [7, 11) is 0. The molecule has 18 heavy (non-hydrogen) atoms. The molecule has 1 aromatic rings. The first-order valence-corrected chi connectivity index (χ1v) is 5.35. The van der Waals surface area contributed by atoms with Gasteiger partial charge in [-0.05, 0) is 19.1 Å². The molecule has 1 aliphatic heterocycles. The van der Waals surface area contributed by atoms with Crippen molar-refractivity contribution >= 4 is 18.4 Å². The van der Waals surface area contributed by atoms with Crippen LogP contribution in [0.3, 0.4) is 0 Å². The first kappa shape index (κ1) is 14.2. The van der Waals surface area contributed by atoms with Crippen molar-refractivity contribution in [2.45, 2.75) is 13.2 Å². The van der Waals surface area contributed by atoms with Gasteiger partial charge in [0, 0.05) is 11.8 Å². The van der Waals surface area contributed by atoms with Crippen LogP contribution in [-0.4, -0.2) is 17.5 Å². The summed E-state index contributed by atoms with van der Waals surface area (Å²) in [5, 5.41) is 0. The predicted molar refractivity (Wildman–Crippen MR) is 69.2 cm³/mol. The van der Waals surface area contributed by atoms with E-state index in [1.165, 1.54) is 17.4 Å². The molecule has 1 atom stereocenters. The van der Waals surface area contributed by atoms with E-state index in [9.17, 15) is 4.79 Å². The fourth-order valence-corrected chi connectivity index (χ4v) is 1.67. The highest BCUT2D eigenvalue weighted by Gasteiger charge is 2.26. The molecule has 0 fully saturated rings. The van der Waals surface area contributed by atoms with E-state index in [-0.39, 0.29) is 12.4 Å². The molecule has 5 nitrogen and oxygen atoms in total. The van der Waals surface area contributed by atoms with Crippen LogP contribution in [0.25, 0.3) is 0 Å². The summed E-state index contributed by atoms with van der Waals surface area (Å²) in [6, 6.07) is 6.84. The zero-order valence-corrected chi connectivity index (χ0v) is 10.7. The van der Waals surface area contributed by atoms with Gasteiger partial charge in [0.1, 0.15) is 12.0 Å². The van der Waals surface area contributed by atoms with Crippen LogP contribution in [0.2, 0.25) is 0 Å². The number of carbonyl (C=O) groups excluding carboxylic acids is 1.